The maximum absolute atomic E-state index is 6.47. The van der Waals surface area contributed by atoms with E-state index >= 15 is 0 Å². The van der Waals surface area contributed by atoms with Crippen molar-refractivity contribution >= 4 is 71.4 Å². The van der Waals surface area contributed by atoms with Crippen molar-refractivity contribution in [2.45, 2.75) is 0 Å². The molecule has 3 heteroatoms. The first-order valence-corrected chi connectivity index (χ1v) is 17.0. The number of rotatable bonds is 5. The van der Waals surface area contributed by atoms with Gasteiger partial charge in [0.2, 0.25) is 5.71 Å². The second kappa shape index (κ2) is 11.5. The Morgan fingerprint density at radius 1 is 0.420 bits per heavy atom. The van der Waals surface area contributed by atoms with Crippen LogP contribution >= 0.6 is 0 Å². The molecule has 0 unspecified atom stereocenters. The summed E-state index contributed by atoms with van der Waals surface area (Å²) in [5.74, 6) is 0. The molecule has 0 saturated carbocycles. The molecule has 0 amide bonds. The zero-order chi connectivity index (χ0) is 33.0. The third kappa shape index (κ3) is 4.56. The van der Waals surface area contributed by atoms with E-state index in [0.717, 1.165) is 33.4 Å². The van der Waals surface area contributed by atoms with Gasteiger partial charge in [0, 0.05) is 28.3 Å². The van der Waals surface area contributed by atoms with E-state index < -0.39 is 0 Å². The van der Waals surface area contributed by atoms with Gasteiger partial charge < -0.3 is 9.32 Å². The molecule has 8 aromatic carbocycles. The predicted octanol–water partition coefficient (Wildman–Crippen LogP) is 13.2. The summed E-state index contributed by atoms with van der Waals surface area (Å²) in [7, 11) is 0. The first-order chi connectivity index (χ1) is 24.8. The number of anilines is 3. The molecule has 234 valence electrons. The summed E-state index contributed by atoms with van der Waals surface area (Å²) in [6.45, 7) is 0. The molecular formula is C47H30N2O. The second-order valence-corrected chi connectivity index (χ2v) is 12.8. The molecule has 0 aliphatic heterocycles. The zero-order valence-corrected chi connectivity index (χ0v) is 27.1. The van der Waals surface area contributed by atoms with Crippen LogP contribution in [0, 0.1) is 0 Å². The summed E-state index contributed by atoms with van der Waals surface area (Å²) in [6, 6.07) is 62.9. The first kappa shape index (κ1) is 28.3. The number of para-hydroxylation sites is 1. The van der Waals surface area contributed by atoms with Crippen molar-refractivity contribution in [1.29, 1.82) is 0 Å². The van der Waals surface area contributed by atoms with Gasteiger partial charge in [0.1, 0.15) is 0 Å². The lowest BCUT2D eigenvalue weighted by molar-refractivity contribution is 0.654. The molecule has 2 heterocycles. The van der Waals surface area contributed by atoms with Crippen LogP contribution in [0.3, 0.4) is 0 Å². The van der Waals surface area contributed by atoms with E-state index in [9.17, 15) is 0 Å². The molecule has 2 aromatic heterocycles. The molecule has 0 spiro atoms. The second-order valence-electron chi connectivity index (χ2n) is 12.8. The minimum absolute atomic E-state index is 0.639. The van der Waals surface area contributed by atoms with Gasteiger partial charge in [0.15, 0.2) is 5.58 Å². The summed E-state index contributed by atoms with van der Waals surface area (Å²) >= 11 is 0. The molecule has 50 heavy (non-hydrogen) atoms. The number of furan rings is 1. The van der Waals surface area contributed by atoms with E-state index in [4.69, 9.17) is 4.42 Å². The van der Waals surface area contributed by atoms with Crippen molar-refractivity contribution in [3.8, 4) is 22.3 Å². The summed E-state index contributed by atoms with van der Waals surface area (Å²) < 4.78 is 6.47. The standard InChI is InChI=1S/C47H30N2O/c1-2-10-31(11-3-1)32-19-24-36(25-20-32)49(44-18-8-16-41-42-17-9-29-48-47(42)50-46(41)44)37-26-21-34(22-27-37)43-30-35-13-5-7-15-39(35)45-38-14-6-4-12-33(38)23-28-40(43)45/h1-30H. The molecule has 0 N–H and O–H groups in total. The summed E-state index contributed by atoms with van der Waals surface area (Å²) in [5, 5.41) is 9.64. The van der Waals surface area contributed by atoms with Crippen LogP contribution in [0.25, 0.3) is 76.6 Å². The zero-order valence-electron chi connectivity index (χ0n) is 27.1. The quantitative estimate of drug-likeness (QED) is 0.176. The van der Waals surface area contributed by atoms with E-state index in [-0.39, 0.29) is 0 Å². The van der Waals surface area contributed by atoms with Gasteiger partial charge in [-0.1, -0.05) is 127 Å². The fourth-order valence-corrected chi connectivity index (χ4v) is 7.55. The van der Waals surface area contributed by atoms with Crippen LogP contribution in [0.15, 0.2) is 187 Å². The third-order valence-corrected chi connectivity index (χ3v) is 9.91. The molecule has 0 atom stereocenters. The van der Waals surface area contributed by atoms with Crippen molar-refractivity contribution in [2.75, 3.05) is 4.90 Å². The SMILES string of the molecule is c1ccc(-c2ccc(N(c3ccc(-c4cc5ccccc5c5c4ccc4ccccc45)cc3)c3cccc4c3oc3ncccc34)cc2)cc1. The van der Waals surface area contributed by atoms with Crippen LogP contribution in [-0.4, -0.2) is 4.98 Å². The van der Waals surface area contributed by atoms with E-state index in [2.05, 4.69) is 180 Å². The van der Waals surface area contributed by atoms with Gasteiger partial charge in [0.05, 0.1) is 5.69 Å². The van der Waals surface area contributed by atoms with Crippen LogP contribution in [0.1, 0.15) is 0 Å². The topological polar surface area (TPSA) is 29.3 Å². The Balaban J connectivity index is 1.15. The monoisotopic (exact) mass is 638 g/mol. The minimum Gasteiger partial charge on any atom is -0.435 e. The van der Waals surface area contributed by atoms with Gasteiger partial charge in [-0.05, 0) is 103 Å². The lowest BCUT2D eigenvalue weighted by atomic mass is 9.90. The smallest absolute Gasteiger partial charge is 0.227 e. The highest BCUT2D eigenvalue weighted by Crippen LogP contribution is 2.44. The van der Waals surface area contributed by atoms with Crippen molar-refractivity contribution in [3.63, 3.8) is 0 Å². The minimum atomic E-state index is 0.639. The Bertz CT molecular complexity index is 2840. The highest BCUT2D eigenvalue weighted by molar-refractivity contribution is 6.24. The molecule has 0 radical (unpaired) electrons. The normalized spacial score (nSPS) is 11.6. The summed E-state index contributed by atoms with van der Waals surface area (Å²) in [5.41, 5.74) is 9.25. The molecule has 0 fully saturated rings. The number of fused-ring (bicyclic) bond motifs is 8. The number of benzene rings is 8. The number of pyridine rings is 1. The first-order valence-electron chi connectivity index (χ1n) is 17.0. The summed E-state index contributed by atoms with van der Waals surface area (Å²) in [4.78, 5) is 6.82. The van der Waals surface area contributed by atoms with E-state index in [1.165, 1.54) is 54.6 Å². The lowest BCUT2D eigenvalue weighted by Crippen LogP contribution is -2.10. The fraction of sp³-hybridized carbons (Fsp3) is 0. The third-order valence-electron chi connectivity index (χ3n) is 9.91. The van der Waals surface area contributed by atoms with Gasteiger partial charge in [-0.2, -0.15) is 0 Å². The average Bonchev–Trinajstić information content (AvgIpc) is 3.58. The number of hydrogen-bond donors (Lipinski definition) is 0. The van der Waals surface area contributed by atoms with Crippen LogP contribution in [-0.2, 0) is 0 Å². The van der Waals surface area contributed by atoms with Gasteiger partial charge in [-0.15, -0.1) is 0 Å². The molecule has 10 aromatic rings. The van der Waals surface area contributed by atoms with Crippen molar-refractivity contribution in [3.05, 3.63) is 182 Å². The molecule has 0 aliphatic carbocycles. The molecular weight excluding hydrogens is 609 g/mol. The Hall–Kier alpha value is -6.71. The molecule has 0 bridgehead atoms. The largest absolute Gasteiger partial charge is 0.435 e. The van der Waals surface area contributed by atoms with Gasteiger partial charge in [-0.3, -0.25) is 0 Å². The van der Waals surface area contributed by atoms with E-state index in [0.29, 0.717) is 5.71 Å². The maximum atomic E-state index is 6.47. The molecule has 3 nitrogen and oxygen atoms in total. The fourth-order valence-electron chi connectivity index (χ4n) is 7.55. The molecule has 0 aliphatic rings. The van der Waals surface area contributed by atoms with Crippen LogP contribution < -0.4 is 4.90 Å². The van der Waals surface area contributed by atoms with E-state index in [1.807, 2.05) is 6.07 Å². The van der Waals surface area contributed by atoms with Crippen molar-refractivity contribution in [2.24, 2.45) is 0 Å². The summed E-state index contributed by atoms with van der Waals surface area (Å²) in [6.07, 6.45) is 1.78. The van der Waals surface area contributed by atoms with Crippen LogP contribution in [0.4, 0.5) is 17.1 Å². The Morgan fingerprint density at radius 2 is 1.04 bits per heavy atom. The van der Waals surface area contributed by atoms with Crippen molar-refractivity contribution < 1.29 is 4.42 Å². The van der Waals surface area contributed by atoms with Gasteiger partial charge in [-0.25, -0.2) is 4.98 Å². The number of nitrogens with zero attached hydrogens (tertiary/aromatic N) is 2. The van der Waals surface area contributed by atoms with Crippen LogP contribution in [0.2, 0.25) is 0 Å². The Labute approximate surface area is 289 Å². The Kier molecular flexibility index (Phi) is 6.49. The molecule has 0 saturated heterocycles. The highest BCUT2D eigenvalue weighted by atomic mass is 16.3. The highest BCUT2D eigenvalue weighted by Gasteiger charge is 2.20. The van der Waals surface area contributed by atoms with Crippen molar-refractivity contribution in [1.82, 2.24) is 4.98 Å². The lowest BCUT2D eigenvalue weighted by Gasteiger charge is -2.26. The average molecular weight is 639 g/mol. The number of hydrogen-bond acceptors (Lipinski definition) is 3. The van der Waals surface area contributed by atoms with Gasteiger partial charge >= 0.3 is 0 Å². The van der Waals surface area contributed by atoms with Gasteiger partial charge in [0.25, 0.3) is 0 Å². The Morgan fingerprint density at radius 3 is 1.82 bits per heavy atom. The molecule has 10 rings (SSSR count). The predicted molar refractivity (Wildman–Crippen MR) is 210 cm³/mol. The van der Waals surface area contributed by atoms with Crippen LogP contribution in [0.5, 0.6) is 0 Å². The van der Waals surface area contributed by atoms with E-state index in [1.54, 1.807) is 6.20 Å². The maximum Gasteiger partial charge on any atom is 0.227 e. The number of aromatic nitrogens is 1.